The second kappa shape index (κ2) is 11.5. The third kappa shape index (κ3) is 6.00. The molecule has 0 aromatic heterocycles. The fourth-order valence-electron chi connectivity index (χ4n) is 2.53. The molecule has 0 radical (unpaired) electrons. The van der Waals surface area contributed by atoms with Crippen LogP contribution in [0.5, 0.6) is 0 Å². The number of hydrogen-bond acceptors (Lipinski definition) is 0. The minimum Gasteiger partial charge on any atom is -1.00 e. The first-order valence-corrected chi connectivity index (χ1v) is 8.27. The summed E-state index contributed by atoms with van der Waals surface area (Å²) in [5.41, 5.74) is 2.61. The highest BCUT2D eigenvalue weighted by Crippen LogP contribution is 2.21. The molecule has 0 amide bonds. The third-order valence-corrected chi connectivity index (χ3v) is 4.43. The van der Waals surface area contributed by atoms with Gasteiger partial charge in [0.2, 0.25) is 0 Å². The Bertz CT molecular complexity index is 473. The zero-order valence-electron chi connectivity index (χ0n) is 13.8. The molecule has 2 aromatic carbocycles. The lowest BCUT2D eigenvalue weighted by atomic mass is 10.2. The Morgan fingerprint density at radius 2 is 1.14 bits per heavy atom. The highest BCUT2D eigenvalue weighted by Gasteiger charge is 2.23. The van der Waals surface area contributed by atoms with Gasteiger partial charge in [0.25, 0.3) is 0 Å². The fraction of sp³-hybridized carbons (Fsp3) is 0.368. The predicted octanol–water partition coefficient (Wildman–Crippen LogP) is 2.48. The lowest BCUT2D eigenvalue weighted by molar-refractivity contribution is -0.00000441. The van der Waals surface area contributed by atoms with E-state index in [4.69, 9.17) is 11.6 Å². The van der Waals surface area contributed by atoms with E-state index in [2.05, 4.69) is 51.1 Å². The molecule has 0 aliphatic heterocycles. The first-order valence-electron chi connectivity index (χ1n) is 7.74. The summed E-state index contributed by atoms with van der Waals surface area (Å²) in [6, 6.07) is 20.8. The Labute approximate surface area is 146 Å². The van der Waals surface area contributed by atoms with Crippen molar-refractivity contribution < 1.29 is 12.4 Å². The molecule has 0 bridgehead atoms. The van der Waals surface area contributed by atoms with E-state index >= 15 is 0 Å². The molecular formula is C19H27Cl2N. The highest BCUT2D eigenvalue weighted by atomic mass is 35.5. The second-order valence-corrected chi connectivity index (χ2v) is 5.32. The molecule has 1 nitrogen and oxygen atoms in total. The van der Waals surface area contributed by atoms with E-state index in [1.165, 1.54) is 30.9 Å². The van der Waals surface area contributed by atoms with E-state index in [0.717, 1.165) is 4.48 Å². The van der Waals surface area contributed by atoms with Crippen LogP contribution < -0.4 is 16.9 Å². The van der Waals surface area contributed by atoms with Crippen LogP contribution in [0.25, 0.3) is 0 Å². The largest absolute Gasteiger partial charge is 1.00 e. The molecule has 122 valence electrons. The van der Waals surface area contributed by atoms with E-state index in [1.54, 1.807) is 0 Å². The quantitative estimate of drug-likeness (QED) is 0.580. The lowest BCUT2D eigenvalue weighted by Crippen LogP contribution is -3.00. The first kappa shape index (κ1) is 21.0. The minimum absolute atomic E-state index is 0. The number of alkyl halides is 1. The SMILES string of the molecule is CC[N+](CC)(CC)c1ccccc1.ClCc1ccccc1.[Cl-]. The van der Waals surface area contributed by atoms with Gasteiger partial charge >= 0.3 is 0 Å². The lowest BCUT2D eigenvalue weighted by Gasteiger charge is -2.35. The molecule has 0 aliphatic carbocycles. The van der Waals surface area contributed by atoms with Crippen molar-refractivity contribution >= 4 is 17.3 Å². The van der Waals surface area contributed by atoms with Gasteiger partial charge in [-0.15, -0.1) is 11.6 Å². The molecule has 0 atom stereocenters. The maximum Gasteiger partial charge on any atom is 0.132 e. The van der Waals surface area contributed by atoms with Crippen molar-refractivity contribution in [3.63, 3.8) is 0 Å². The van der Waals surface area contributed by atoms with Gasteiger partial charge in [0.1, 0.15) is 5.69 Å². The van der Waals surface area contributed by atoms with Crippen LogP contribution in [0, 0.1) is 0 Å². The van der Waals surface area contributed by atoms with Gasteiger partial charge in [0, 0.05) is 5.88 Å². The van der Waals surface area contributed by atoms with Crippen molar-refractivity contribution in [1.82, 2.24) is 4.48 Å². The molecule has 0 saturated heterocycles. The Balaban J connectivity index is 0.000000423. The van der Waals surface area contributed by atoms with Crippen LogP contribution >= 0.6 is 11.6 Å². The molecule has 22 heavy (non-hydrogen) atoms. The summed E-state index contributed by atoms with van der Waals surface area (Å²) in [4.78, 5) is 0. The third-order valence-electron chi connectivity index (χ3n) is 4.12. The number of quaternary nitrogens is 1. The van der Waals surface area contributed by atoms with Crippen LogP contribution in [0.3, 0.4) is 0 Å². The summed E-state index contributed by atoms with van der Waals surface area (Å²) in [5.74, 6) is 0.612. The molecule has 0 spiro atoms. The number of hydrogen-bond donors (Lipinski definition) is 0. The molecule has 0 heterocycles. The van der Waals surface area contributed by atoms with Gasteiger partial charge in [0.15, 0.2) is 0 Å². The molecule has 2 rings (SSSR count). The average Bonchev–Trinajstić information content (AvgIpc) is 2.59. The van der Waals surface area contributed by atoms with Gasteiger partial charge in [0.05, 0.1) is 19.6 Å². The maximum absolute atomic E-state index is 5.53. The van der Waals surface area contributed by atoms with E-state index in [-0.39, 0.29) is 12.4 Å². The number of nitrogens with zero attached hydrogens (tertiary/aromatic N) is 1. The number of rotatable bonds is 5. The van der Waals surface area contributed by atoms with Crippen molar-refractivity contribution in [3.05, 3.63) is 66.2 Å². The van der Waals surface area contributed by atoms with Gasteiger partial charge in [-0.3, -0.25) is 4.48 Å². The van der Waals surface area contributed by atoms with Crippen molar-refractivity contribution in [1.29, 1.82) is 0 Å². The summed E-state index contributed by atoms with van der Waals surface area (Å²) >= 11 is 5.53. The second-order valence-electron chi connectivity index (χ2n) is 5.05. The van der Waals surface area contributed by atoms with Crippen molar-refractivity contribution in [2.75, 3.05) is 19.6 Å². The molecule has 0 unspecified atom stereocenters. The van der Waals surface area contributed by atoms with Crippen LogP contribution in [0.1, 0.15) is 26.3 Å². The molecule has 0 N–H and O–H groups in total. The number of halogens is 2. The maximum atomic E-state index is 5.53. The van der Waals surface area contributed by atoms with E-state index < -0.39 is 0 Å². The summed E-state index contributed by atoms with van der Waals surface area (Å²) in [7, 11) is 0. The molecule has 3 heteroatoms. The predicted molar refractivity (Wildman–Crippen MR) is 95.9 cm³/mol. The fourth-order valence-corrected chi connectivity index (χ4v) is 2.71. The molecular weight excluding hydrogens is 313 g/mol. The van der Waals surface area contributed by atoms with Crippen molar-refractivity contribution in [2.24, 2.45) is 0 Å². The van der Waals surface area contributed by atoms with Gasteiger partial charge < -0.3 is 12.4 Å². The summed E-state index contributed by atoms with van der Waals surface area (Å²) in [6.45, 7) is 10.3. The Kier molecular flexibility index (Phi) is 11.0. The Morgan fingerprint density at radius 3 is 1.45 bits per heavy atom. The summed E-state index contributed by atoms with van der Waals surface area (Å²) in [5, 5.41) is 0. The molecule has 0 saturated carbocycles. The summed E-state index contributed by atoms with van der Waals surface area (Å²) in [6.07, 6.45) is 0. The number of para-hydroxylation sites is 1. The van der Waals surface area contributed by atoms with Gasteiger partial charge in [-0.25, -0.2) is 0 Å². The van der Waals surface area contributed by atoms with Gasteiger partial charge in [-0.2, -0.15) is 0 Å². The van der Waals surface area contributed by atoms with Crippen LogP contribution in [0.2, 0.25) is 0 Å². The van der Waals surface area contributed by atoms with Crippen LogP contribution in [-0.4, -0.2) is 19.6 Å². The number of benzene rings is 2. The zero-order chi connectivity index (χ0) is 15.6. The average molecular weight is 340 g/mol. The molecule has 0 fully saturated rings. The Hall–Kier alpha value is -1.02. The zero-order valence-corrected chi connectivity index (χ0v) is 15.3. The van der Waals surface area contributed by atoms with Crippen LogP contribution in [0.4, 0.5) is 5.69 Å². The first-order chi connectivity index (χ1) is 10.2. The van der Waals surface area contributed by atoms with Gasteiger partial charge in [-0.05, 0) is 38.5 Å². The van der Waals surface area contributed by atoms with Gasteiger partial charge in [-0.1, -0.05) is 48.5 Å². The topological polar surface area (TPSA) is 0 Å². The summed E-state index contributed by atoms with van der Waals surface area (Å²) < 4.78 is 1.10. The molecule has 2 aromatic rings. The standard InChI is InChI=1S/C12H20N.C7H7Cl.ClH/c1-4-13(5-2,6-3)12-10-8-7-9-11-12;8-6-7-4-2-1-3-5-7;/h7-11H,4-6H2,1-3H3;1-5H,6H2;1H/q+1;;/p-1. The normalized spacial score (nSPS) is 10.2. The highest BCUT2D eigenvalue weighted by molar-refractivity contribution is 6.17. The smallest absolute Gasteiger partial charge is 0.132 e. The van der Waals surface area contributed by atoms with Crippen molar-refractivity contribution in [3.8, 4) is 0 Å². The van der Waals surface area contributed by atoms with Crippen LogP contribution in [0.15, 0.2) is 60.7 Å². The minimum atomic E-state index is 0. The van der Waals surface area contributed by atoms with E-state index in [1.807, 2.05) is 30.3 Å². The van der Waals surface area contributed by atoms with Crippen molar-refractivity contribution in [2.45, 2.75) is 26.7 Å². The Morgan fingerprint density at radius 1 is 0.727 bits per heavy atom. The van der Waals surface area contributed by atoms with Crippen LogP contribution in [-0.2, 0) is 5.88 Å². The van der Waals surface area contributed by atoms with E-state index in [0.29, 0.717) is 5.88 Å². The monoisotopic (exact) mass is 339 g/mol. The molecule has 0 aliphatic rings. The van der Waals surface area contributed by atoms with E-state index in [9.17, 15) is 0 Å².